The minimum absolute atomic E-state index is 0.182. The van der Waals surface area contributed by atoms with Crippen molar-refractivity contribution in [2.45, 2.75) is 6.54 Å². The largest absolute Gasteiger partial charge is 0.497 e. The molecule has 2 aromatic heterocycles. The fourth-order valence-electron chi connectivity index (χ4n) is 2.79. The number of para-hydroxylation sites is 1. The Bertz CT molecular complexity index is 1160. The van der Waals surface area contributed by atoms with E-state index in [0.717, 1.165) is 16.8 Å². The lowest BCUT2D eigenvalue weighted by molar-refractivity contribution is 0.0944. The van der Waals surface area contributed by atoms with Crippen LogP contribution in [0, 0.1) is 0 Å². The van der Waals surface area contributed by atoms with Gasteiger partial charge in [-0.15, -0.1) is 0 Å². The highest BCUT2D eigenvalue weighted by atomic mass is 16.5. The maximum Gasteiger partial charge on any atom is 0.271 e. The summed E-state index contributed by atoms with van der Waals surface area (Å²) in [6, 6.07) is 15.8. The van der Waals surface area contributed by atoms with Crippen LogP contribution >= 0.6 is 0 Å². The van der Waals surface area contributed by atoms with E-state index in [4.69, 9.17) is 4.74 Å². The van der Waals surface area contributed by atoms with Gasteiger partial charge >= 0.3 is 0 Å². The number of H-pyrrole nitrogens is 2. The maximum absolute atomic E-state index is 12.4. The number of ether oxygens (including phenoxy) is 1. The fourth-order valence-corrected chi connectivity index (χ4v) is 2.79. The van der Waals surface area contributed by atoms with Crippen LogP contribution in [0.15, 0.2) is 59.4 Å². The van der Waals surface area contributed by atoms with E-state index in [1.165, 1.54) is 10.7 Å². The number of nitrogens with zero attached hydrogens (tertiary/aromatic N) is 2. The van der Waals surface area contributed by atoms with Gasteiger partial charge in [0.15, 0.2) is 0 Å². The van der Waals surface area contributed by atoms with Gasteiger partial charge in [-0.1, -0.05) is 18.2 Å². The van der Waals surface area contributed by atoms with Crippen LogP contribution in [0.5, 0.6) is 5.75 Å². The Hall–Kier alpha value is -3.81. The summed E-state index contributed by atoms with van der Waals surface area (Å²) < 4.78 is 6.51. The predicted octanol–water partition coefficient (Wildman–Crippen LogP) is 1.98. The van der Waals surface area contributed by atoms with Crippen LogP contribution in [0.3, 0.4) is 0 Å². The number of aromatic amines is 2. The molecule has 0 aliphatic rings. The van der Waals surface area contributed by atoms with Gasteiger partial charge in [0.05, 0.1) is 30.4 Å². The molecule has 0 aliphatic heterocycles. The number of amides is 1. The zero-order valence-electron chi connectivity index (χ0n) is 14.5. The van der Waals surface area contributed by atoms with Crippen molar-refractivity contribution in [1.29, 1.82) is 0 Å². The average molecular weight is 363 g/mol. The smallest absolute Gasteiger partial charge is 0.271 e. The molecule has 0 radical (unpaired) electrons. The number of rotatable bonds is 5. The standard InChI is InChI=1S/C19H17N5O3/c1-27-13-7-8-14-15(9-13)22-17(21-14)11-20-19(26)16-10-18(25)24(23-16)12-5-3-2-4-6-12/h2-10,23H,11H2,1H3,(H,20,26)(H,21,22). The van der Waals surface area contributed by atoms with E-state index in [1.54, 1.807) is 19.2 Å². The van der Waals surface area contributed by atoms with Crippen molar-refractivity contribution in [2.75, 3.05) is 7.11 Å². The van der Waals surface area contributed by atoms with Crippen LogP contribution in [0.1, 0.15) is 16.3 Å². The molecule has 2 aromatic carbocycles. The normalized spacial score (nSPS) is 10.9. The molecule has 8 heteroatoms. The van der Waals surface area contributed by atoms with Crippen LogP contribution in [-0.2, 0) is 6.54 Å². The summed E-state index contributed by atoms with van der Waals surface area (Å²) in [5, 5.41) is 5.57. The monoisotopic (exact) mass is 363 g/mol. The lowest BCUT2D eigenvalue weighted by Gasteiger charge is -2.02. The molecule has 0 saturated carbocycles. The lowest BCUT2D eigenvalue weighted by Crippen LogP contribution is -2.24. The first-order valence-corrected chi connectivity index (χ1v) is 8.32. The molecule has 0 atom stereocenters. The summed E-state index contributed by atoms with van der Waals surface area (Å²) in [5.74, 6) is 0.942. The number of imidazole rings is 1. The van der Waals surface area contributed by atoms with E-state index in [0.29, 0.717) is 11.5 Å². The maximum atomic E-state index is 12.4. The molecular weight excluding hydrogens is 346 g/mol. The molecule has 3 N–H and O–H groups in total. The van der Waals surface area contributed by atoms with E-state index in [-0.39, 0.29) is 23.7 Å². The van der Waals surface area contributed by atoms with Crippen LogP contribution in [0.4, 0.5) is 0 Å². The van der Waals surface area contributed by atoms with E-state index in [9.17, 15) is 9.59 Å². The van der Waals surface area contributed by atoms with Crippen molar-refractivity contribution in [3.8, 4) is 11.4 Å². The molecule has 0 spiro atoms. The Kier molecular flexibility index (Phi) is 4.21. The van der Waals surface area contributed by atoms with Crippen molar-refractivity contribution in [1.82, 2.24) is 25.1 Å². The minimum atomic E-state index is -0.389. The second-order valence-electron chi connectivity index (χ2n) is 5.93. The Morgan fingerprint density at radius 1 is 1.19 bits per heavy atom. The van der Waals surface area contributed by atoms with E-state index >= 15 is 0 Å². The van der Waals surface area contributed by atoms with Crippen LogP contribution in [-0.4, -0.2) is 32.8 Å². The highest BCUT2D eigenvalue weighted by Crippen LogP contribution is 2.18. The number of aromatic nitrogens is 4. The Labute approximate surface area is 153 Å². The van der Waals surface area contributed by atoms with Crippen molar-refractivity contribution in [3.63, 3.8) is 0 Å². The number of carbonyl (C=O) groups is 1. The van der Waals surface area contributed by atoms with Gasteiger partial charge in [0.1, 0.15) is 17.3 Å². The number of benzene rings is 2. The second kappa shape index (κ2) is 6.83. The van der Waals surface area contributed by atoms with Crippen molar-refractivity contribution in [3.05, 3.63) is 76.5 Å². The Balaban J connectivity index is 1.49. The van der Waals surface area contributed by atoms with Crippen molar-refractivity contribution < 1.29 is 9.53 Å². The summed E-state index contributed by atoms with van der Waals surface area (Å²) in [7, 11) is 1.60. The topological polar surface area (TPSA) is 105 Å². The molecule has 0 saturated heterocycles. The van der Waals surface area contributed by atoms with E-state index in [1.807, 2.05) is 36.4 Å². The molecule has 0 aliphatic carbocycles. The zero-order chi connectivity index (χ0) is 18.8. The number of fused-ring (bicyclic) bond motifs is 1. The van der Waals surface area contributed by atoms with Crippen LogP contribution in [0.25, 0.3) is 16.7 Å². The predicted molar refractivity (Wildman–Crippen MR) is 100 cm³/mol. The third-order valence-electron chi connectivity index (χ3n) is 4.13. The number of carbonyl (C=O) groups excluding carboxylic acids is 1. The van der Waals surface area contributed by atoms with Gasteiger partial charge in [0.2, 0.25) is 0 Å². The number of hydrogen-bond acceptors (Lipinski definition) is 4. The third kappa shape index (κ3) is 3.32. The van der Waals surface area contributed by atoms with Gasteiger partial charge in [-0.3, -0.25) is 14.7 Å². The molecule has 0 unspecified atom stereocenters. The molecule has 8 nitrogen and oxygen atoms in total. The summed E-state index contributed by atoms with van der Waals surface area (Å²) >= 11 is 0. The van der Waals surface area contributed by atoms with Gasteiger partial charge < -0.3 is 15.0 Å². The highest BCUT2D eigenvalue weighted by Gasteiger charge is 2.13. The molecule has 27 heavy (non-hydrogen) atoms. The molecular formula is C19H17N5O3. The minimum Gasteiger partial charge on any atom is -0.497 e. The molecule has 0 bridgehead atoms. The highest BCUT2D eigenvalue weighted by molar-refractivity contribution is 5.92. The first kappa shape index (κ1) is 16.6. The SMILES string of the molecule is COc1ccc2nc(CNC(=O)c3cc(=O)n(-c4ccccc4)[nH]3)[nH]c2c1. The van der Waals surface area contributed by atoms with Crippen LogP contribution in [0.2, 0.25) is 0 Å². The zero-order valence-corrected chi connectivity index (χ0v) is 14.5. The molecule has 0 fully saturated rings. The van der Waals surface area contributed by atoms with Gasteiger partial charge in [0, 0.05) is 12.1 Å². The van der Waals surface area contributed by atoms with Gasteiger partial charge in [0.25, 0.3) is 11.5 Å². The van der Waals surface area contributed by atoms with Gasteiger partial charge in [-0.25, -0.2) is 9.67 Å². The second-order valence-corrected chi connectivity index (χ2v) is 5.93. The first-order valence-electron chi connectivity index (χ1n) is 8.32. The number of hydrogen-bond donors (Lipinski definition) is 3. The van der Waals surface area contributed by atoms with E-state index < -0.39 is 0 Å². The Morgan fingerprint density at radius 2 is 2.00 bits per heavy atom. The van der Waals surface area contributed by atoms with Gasteiger partial charge in [-0.2, -0.15) is 0 Å². The third-order valence-corrected chi connectivity index (χ3v) is 4.13. The van der Waals surface area contributed by atoms with Gasteiger partial charge in [-0.05, 0) is 24.3 Å². The number of methoxy groups -OCH3 is 1. The molecule has 4 aromatic rings. The van der Waals surface area contributed by atoms with Crippen LogP contribution < -0.4 is 15.6 Å². The quantitative estimate of drug-likeness (QED) is 0.504. The van der Waals surface area contributed by atoms with Crippen molar-refractivity contribution >= 4 is 16.9 Å². The summed E-state index contributed by atoms with van der Waals surface area (Å²) in [6.07, 6.45) is 0. The molecule has 2 heterocycles. The lowest BCUT2D eigenvalue weighted by atomic mass is 10.3. The first-order chi connectivity index (χ1) is 13.1. The van der Waals surface area contributed by atoms with Crippen molar-refractivity contribution in [2.24, 2.45) is 0 Å². The molecule has 1 amide bonds. The average Bonchev–Trinajstić information content (AvgIpc) is 3.29. The summed E-state index contributed by atoms with van der Waals surface area (Å²) in [6.45, 7) is 0.203. The van der Waals surface area contributed by atoms with E-state index in [2.05, 4.69) is 20.4 Å². The molecule has 4 rings (SSSR count). The summed E-state index contributed by atoms with van der Waals surface area (Å²) in [4.78, 5) is 32.1. The fraction of sp³-hybridized carbons (Fsp3) is 0.105. The summed E-state index contributed by atoms with van der Waals surface area (Å²) in [5.41, 5.74) is 2.14. The molecule has 136 valence electrons. The Morgan fingerprint density at radius 3 is 2.78 bits per heavy atom. The number of nitrogens with one attached hydrogen (secondary N) is 3.